The quantitative estimate of drug-likeness (QED) is 0.853. The highest BCUT2D eigenvalue weighted by atomic mass is 16.5. The highest BCUT2D eigenvalue weighted by Gasteiger charge is 2.22. The number of rotatable bonds is 4. The van der Waals surface area contributed by atoms with E-state index in [1.165, 1.54) is 25.4 Å². The molecule has 26 heavy (non-hydrogen) atoms. The van der Waals surface area contributed by atoms with Crippen molar-refractivity contribution >= 4 is 23.5 Å². The third-order valence-corrected chi connectivity index (χ3v) is 4.22. The number of nitrogens with zero attached hydrogens (tertiary/aromatic N) is 2. The van der Waals surface area contributed by atoms with Gasteiger partial charge in [-0.25, -0.2) is 4.79 Å². The van der Waals surface area contributed by atoms with Gasteiger partial charge < -0.3 is 15.0 Å². The first-order valence-corrected chi connectivity index (χ1v) is 8.34. The molecule has 1 N–H and O–H groups in total. The molecule has 2 aromatic rings. The SMILES string of the molecule is COC(=O)c1ccccc1NC(=O)c1ccnc(C(=O)N2CCCC2)c1. The fourth-order valence-corrected chi connectivity index (χ4v) is 2.85. The van der Waals surface area contributed by atoms with Gasteiger partial charge in [-0.3, -0.25) is 14.6 Å². The molecule has 0 saturated carbocycles. The van der Waals surface area contributed by atoms with Crippen LogP contribution in [0.15, 0.2) is 42.6 Å². The van der Waals surface area contributed by atoms with Crippen LogP contribution < -0.4 is 5.32 Å². The van der Waals surface area contributed by atoms with E-state index in [-0.39, 0.29) is 17.2 Å². The van der Waals surface area contributed by atoms with Crippen LogP contribution in [0.5, 0.6) is 0 Å². The molecule has 2 heterocycles. The van der Waals surface area contributed by atoms with Crippen molar-refractivity contribution in [2.75, 3.05) is 25.5 Å². The number of aromatic nitrogens is 1. The third kappa shape index (κ3) is 3.72. The minimum absolute atomic E-state index is 0.174. The van der Waals surface area contributed by atoms with Gasteiger partial charge in [-0.1, -0.05) is 12.1 Å². The number of ether oxygens (including phenoxy) is 1. The van der Waals surface area contributed by atoms with E-state index in [1.54, 1.807) is 29.2 Å². The van der Waals surface area contributed by atoms with Gasteiger partial charge in [0.05, 0.1) is 18.4 Å². The van der Waals surface area contributed by atoms with Crippen LogP contribution in [0.1, 0.15) is 44.0 Å². The van der Waals surface area contributed by atoms with Crippen molar-refractivity contribution in [1.82, 2.24) is 9.88 Å². The van der Waals surface area contributed by atoms with E-state index in [2.05, 4.69) is 10.3 Å². The molecule has 3 rings (SSSR count). The summed E-state index contributed by atoms with van der Waals surface area (Å²) < 4.78 is 4.72. The fraction of sp³-hybridized carbons (Fsp3) is 0.263. The first-order chi connectivity index (χ1) is 12.6. The van der Waals surface area contributed by atoms with Crippen LogP contribution >= 0.6 is 0 Å². The number of methoxy groups -OCH3 is 1. The molecule has 134 valence electrons. The van der Waals surface area contributed by atoms with Crippen molar-refractivity contribution in [3.63, 3.8) is 0 Å². The second-order valence-electron chi connectivity index (χ2n) is 5.92. The van der Waals surface area contributed by atoms with E-state index in [0.29, 0.717) is 24.3 Å². The molecule has 0 atom stereocenters. The summed E-state index contributed by atoms with van der Waals surface area (Å²) in [6, 6.07) is 9.56. The van der Waals surface area contributed by atoms with Crippen molar-refractivity contribution in [3.8, 4) is 0 Å². The number of benzene rings is 1. The number of likely N-dealkylation sites (tertiary alicyclic amines) is 1. The molecule has 0 bridgehead atoms. The van der Waals surface area contributed by atoms with Gasteiger partial charge >= 0.3 is 5.97 Å². The Kier molecular flexibility index (Phi) is 5.26. The molecule has 0 aliphatic carbocycles. The molecule has 1 aliphatic rings. The monoisotopic (exact) mass is 353 g/mol. The van der Waals surface area contributed by atoms with Crippen LogP contribution in [-0.2, 0) is 4.74 Å². The largest absolute Gasteiger partial charge is 0.465 e. The number of anilines is 1. The van der Waals surface area contributed by atoms with Crippen LogP contribution in [-0.4, -0.2) is 47.9 Å². The number of hydrogen-bond acceptors (Lipinski definition) is 5. The van der Waals surface area contributed by atoms with Gasteiger partial charge in [0.15, 0.2) is 0 Å². The van der Waals surface area contributed by atoms with Gasteiger partial charge in [0.2, 0.25) is 0 Å². The van der Waals surface area contributed by atoms with Crippen LogP contribution in [0.4, 0.5) is 5.69 Å². The second kappa shape index (κ2) is 7.77. The smallest absolute Gasteiger partial charge is 0.339 e. The maximum atomic E-state index is 12.6. The highest BCUT2D eigenvalue weighted by Crippen LogP contribution is 2.18. The minimum atomic E-state index is -0.541. The zero-order chi connectivity index (χ0) is 18.5. The Balaban J connectivity index is 1.80. The topological polar surface area (TPSA) is 88.6 Å². The number of hydrogen-bond donors (Lipinski definition) is 1. The van der Waals surface area contributed by atoms with E-state index in [9.17, 15) is 14.4 Å². The van der Waals surface area contributed by atoms with E-state index in [0.717, 1.165) is 12.8 Å². The Morgan fingerprint density at radius 2 is 1.85 bits per heavy atom. The van der Waals surface area contributed by atoms with Gasteiger partial charge in [0.1, 0.15) is 5.69 Å². The molecule has 7 nitrogen and oxygen atoms in total. The average molecular weight is 353 g/mol. The van der Waals surface area contributed by atoms with Gasteiger partial charge in [0, 0.05) is 24.8 Å². The molecular formula is C19H19N3O4. The maximum Gasteiger partial charge on any atom is 0.339 e. The molecule has 1 aliphatic heterocycles. The number of amides is 2. The van der Waals surface area contributed by atoms with Crippen molar-refractivity contribution in [2.24, 2.45) is 0 Å². The predicted octanol–water partition coefficient (Wildman–Crippen LogP) is 2.36. The molecule has 0 unspecified atom stereocenters. The van der Waals surface area contributed by atoms with Gasteiger partial charge in [0.25, 0.3) is 11.8 Å². The normalized spacial score (nSPS) is 13.3. The summed E-state index contributed by atoms with van der Waals surface area (Å²) in [5.41, 5.74) is 1.13. The minimum Gasteiger partial charge on any atom is -0.465 e. The van der Waals surface area contributed by atoms with Gasteiger partial charge in [-0.2, -0.15) is 0 Å². The Morgan fingerprint density at radius 1 is 1.12 bits per heavy atom. The first kappa shape index (κ1) is 17.6. The second-order valence-corrected chi connectivity index (χ2v) is 5.92. The lowest BCUT2D eigenvalue weighted by Gasteiger charge is -2.15. The van der Waals surface area contributed by atoms with Crippen molar-refractivity contribution in [1.29, 1.82) is 0 Å². The zero-order valence-corrected chi connectivity index (χ0v) is 14.4. The van der Waals surface area contributed by atoms with E-state index in [1.807, 2.05) is 0 Å². The lowest BCUT2D eigenvalue weighted by molar-refractivity contribution is 0.0601. The molecule has 2 amide bonds. The van der Waals surface area contributed by atoms with Crippen molar-refractivity contribution in [3.05, 3.63) is 59.4 Å². The van der Waals surface area contributed by atoms with E-state index < -0.39 is 11.9 Å². The average Bonchev–Trinajstić information content (AvgIpc) is 3.22. The molecular weight excluding hydrogens is 334 g/mol. The lowest BCUT2D eigenvalue weighted by atomic mass is 10.1. The summed E-state index contributed by atoms with van der Waals surface area (Å²) in [6.07, 6.45) is 3.40. The molecule has 1 aromatic carbocycles. The number of esters is 1. The van der Waals surface area contributed by atoms with Crippen LogP contribution in [0.25, 0.3) is 0 Å². The van der Waals surface area contributed by atoms with Crippen molar-refractivity contribution in [2.45, 2.75) is 12.8 Å². The summed E-state index contributed by atoms with van der Waals surface area (Å²) in [5, 5.41) is 2.69. The number of nitrogens with one attached hydrogen (secondary N) is 1. The maximum absolute atomic E-state index is 12.6. The summed E-state index contributed by atoms with van der Waals surface area (Å²) in [6.45, 7) is 1.42. The first-order valence-electron chi connectivity index (χ1n) is 8.34. The molecule has 1 fully saturated rings. The van der Waals surface area contributed by atoms with E-state index in [4.69, 9.17) is 4.74 Å². The summed E-state index contributed by atoms with van der Waals surface area (Å²) in [5.74, 6) is -1.15. The van der Waals surface area contributed by atoms with Crippen LogP contribution in [0.3, 0.4) is 0 Å². The standard InChI is InChI=1S/C19H19N3O4/c1-26-19(25)14-6-2-3-7-15(14)21-17(23)13-8-9-20-16(12-13)18(24)22-10-4-5-11-22/h2-3,6-9,12H,4-5,10-11H2,1H3,(H,21,23). The Labute approximate surface area is 151 Å². The Morgan fingerprint density at radius 3 is 2.58 bits per heavy atom. The van der Waals surface area contributed by atoms with Crippen LogP contribution in [0, 0.1) is 0 Å². The third-order valence-electron chi connectivity index (χ3n) is 4.22. The highest BCUT2D eigenvalue weighted by molar-refractivity contribution is 6.08. The van der Waals surface area contributed by atoms with Gasteiger partial charge in [-0.05, 0) is 37.1 Å². The fourth-order valence-electron chi connectivity index (χ4n) is 2.85. The summed E-state index contributed by atoms with van der Waals surface area (Å²) >= 11 is 0. The molecule has 0 spiro atoms. The lowest BCUT2D eigenvalue weighted by Crippen LogP contribution is -2.28. The van der Waals surface area contributed by atoms with Crippen LogP contribution in [0.2, 0.25) is 0 Å². The number of pyridine rings is 1. The number of carbonyl (C=O) groups excluding carboxylic acids is 3. The van der Waals surface area contributed by atoms with E-state index >= 15 is 0 Å². The molecule has 1 aromatic heterocycles. The van der Waals surface area contributed by atoms with Gasteiger partial charge in [-0.15, -0.1) is 0 Å². The number of para-hydroxylation sites is 1. The molecule has 7 heteroatoms. The zero-order valence-electron chi connectivity index (χ0n) is 14.4. The molecule has 0 radical (unpaired) electrons. The number of carbonyl (C=O) groups is 3. The summed E-state index contributed by atoms with van der Waals surface area (Å²) in [7, 11) is 1.28. The molecule has 1 saturated heterocycles. The predicted molar refractivity (Wildman–Crippen MR) is 95.1 cm³/mol. The summed E-state index contributed by atoms with van der Waals surface area (Å²) in [4.78, 5) is 42.6. The van der Waals surface area contributed by atoms with Crippen molar-refractivity contribution < 1.29 is 19.1 Å². The Hall–Kier alpha value is -3.22. The Bertz CT molecular complexity index is 844.